The highest BCUT2D eigenvalue weighted by molar-refractivity contribution is 7.99. The van der Waals surface area contributed by atoms with Gasteiger partial charge in [0.25, 0.3) is 0 Å². The molecule has 0 N–H and O–H groups in total. The van der Waals surface area contributed by atoms with E-state index in [4.69, 9.17) is 21.0 Å². The molecule has 132 valence electrons. The fourth-order valence-electron chi connectivity index (χ4n) is 3.58. The number of fused-ring (bicyclic) bond motifs is 6. The summed E-state index contributed by atoms with van der Waals surface area (Å²) in [6.07, 6.45) is 1.55. The van der Waals surface area contributed by atoms with Gasteiger partial charge in [-0.25, -0.2) is 4.98 Å². The predicted molar refractivity (Wildman–Crippen MR) is 108 cm³/mol. The van der Waals surface area contributed by atoms with E-state index in [1.165, 1.54) is 11.7 Å². The van der Waals surface area contributed by atoms with Gasteiger partial charge in [0.2, 0.25) is 0 Å². The lowest BCUT2D eigenvalue weighted by molar-refractivity contribution is 0.586. The summed E-state index contributed by atoms with van der Waals surface area (Å²) >= 11 is 8.91. The number of nitrogens with zero attached hydrogens (tertiary/aromatic N) is 4. The molecule has 1 atom stereocenters. The van der Waals surface area contributed by atoms with E-state index in [-0.39, 0.29) is 10.8 Å². The van der Waals surface area contributed by atoms with Crippen LogP contribution < -0.4 is 5.43 Å². The summed E-state index contributed by atoms with van der Waals surface area (Å²) in [6, 6.07) is 8.96. The molecule has 0 fully saturated rings. The lowest BCUT2D eigenvalue weighted by Crippen LogP contribution is -2.15. The molecule has 1 unspecified atom stereocenters. The van der Waals surface area contributed by atoms with Crippen molar-refractivity contribution < 1.29 is 4.42 Å². The molecule has 0 radical (unpaired) electrons. The zero-order chi connectivity index (χ0) is 18.1. The van der Waals surface area contributed by atoms with E-state index in [1.54, 1.807) is 36.2 Å². The number of imidazole rings is 1. The molecule has 0 aliphatic carbocycles. The standard InChI is InChI=1S/C18H9ClN4O2S2/c19-8-1-4-13-9(5-8)17(24)10(6-25-13)18-23-14(7-26-18)20-12-3-2-11-15(16(12)23)22-27-21-11/h1-6,18H,7H2. The molecule has 0 spiro atoms. The first-order valence-electron chi connectivity index (χ1n) is 8.15. The minimum absolute atomic E-state index is 0.0745. The Balaban J connectivity index is 1.65. The minimum Gasteiger partial charge on any atom is -0.464 e. The largest absolute Gasteiger partial charge is 0.464 e. The molecule has 6 rings (SSSR count). The van der Waals surface area contributed by atoms with Crippen LogP contribution in [0.2, 0.25) is 5.02 Å². The molecule has 4 heterocycles. The van der Waals surface area contributed by atoms with Gasteiger partial charge in [-0.15, -0.1) is 11.8 Å². The smallest absolute Gasteiger partial charge is 0.198 e. The molecule has 0 amide bonds. The topological polar surface area (TPSA) is 73.8 Å². The summed E-state index contributed by atoms with van der Waals surface area (Å²) in [4.78, 5) is 17.9. The highest BCUT2D eigenvalue weighted by atomic mass is 35.5. The second-order valence-corrected chi connectivity index (χ2v) is 8.32. The second kappa shape index (κ2) is 5.54. The maximum Gasteiger partial charge on any atom is 0.198 e. The lowest BCUT2D eigenvalue weighted by atomic mass is 10.1. The number of benzene rings is 2. The van der Waals surface area contributed by atoms with Gasteiger partial charge in [0.15, 0.2) is 5.43 Å². The molecule has 0 saturated carbocycles. The van der Waals surface area contributed by atoms with Crippen molar-refractivity contribution in [3.8, 4) is 0 Å². The Morgan fingerprint density at radius 3 is 3.00 bits per heavy atom. The van der Waals surface area contributed by atoms with Crippen molar-refractivity contribution in [3.63, 3.8) is 0 Å². The number of aromatic nitrogens is 4. The Morgan fingerprint density at radius 2 is 2.07 bits per heavy atom. The second-order valence-electron chi connectivity index (χ2n) is 6.29. The van der Waals surface area contributed by atoms with E-state index in [0.29, 0.717) is 27.3 Å². The van der Waals surface area contributed by atoms with Gasteiger partial charge in [0, 0.05) is 5.02 Å². The average molecular weight is 413 g/mol. The van der Waals surface area contributed by atoms with Crippen molar-refractivity contribution in [2.45, 2.75) is 11.1 Å². The summed E-state index contributed by atoms with van der Waals surface area (Å²) in [5, 5.41) is 0.769. The van der Waals surface area contributed by atoms with Crippen LogP contribution in [0, 0.1) is 0 Å². The van der Waals surface area contributed by atoms with Crippen LogP contribution in [0.1, 0.15) is 16.8 Å². The number of thioether (sulfide) groups is 1. The molecule has 5 aromatic rings. The van der Waals surface area contributed by atoms with Crippen molar-refractivity contribution in [1.82, 2.24) is 18.3 Å². The molecule has 1 aliphatic rings. The molecular formula is C18H9ClN4O2S2. The third-order valence-corrected chi connectivity index (χ3v) is 6.76. The molecule has 27 heavy (non-hydrogen) atoms. The van der Waals surface area contributed by atoms with Gasteiger partial charge in [-0.2, -0.15) is 8.75 Å². The zero-order valence-electron chi connectivity index (χ0n) is 13.5. The minimum atomic E-state index is -0.225. The quantitative estimate of drug-likeness (QED) is 0.400. The molecule has 2 aromatic carbocycles. The van der Waals surface area contributed by atoms with Crippen molar-refractivity contribution in [3.05, 3.63) is 63.2 Å². The number of hydrogen-bond acceptors (Lipinski definition) is 7. The van der Waals surface area contributed by atoms with Crippen molar-refractivity contribution >= 4 is 68.1 Å². The predicted octanol–water partition coefficient (Wildman–Crippen LogP) is 4.59. The fraction of sp³-hybridized carbons (Fsp3) is 0.111. The Kier molecular flexibility index (Phi) is 3.21. The summed E-state index contributed by atoms with van der Waals surface area (Å²) < 4.78 is 16.6. The van der Waals surface area contributed by atoms with Crippen LogP contribution in [0.4, 0.5) is 0 Å². The molecule has 0 saturated heterocycles. The van der Waals surface area contributed by atoms with Crippen LogP contribution in [0.15, 0.2) is 45.8 Å². The zero-order valence-corrected chi connectivity index (χ0v) is 15.9. The summed E-state index contributed by atoms with van der Waals surface area (Å²) in [7, 11) is 0. The first-order chi connectivity index (χ1) is 13.2. The monoisotopic (exact) mass is 412 g/mol. The van der Waals surface area contributed by atoms with Gasteiger partial charge in [-0.05, 0) is 30.3 Å². The summed E-state index contributed by atoms with van der Waals surface area (Å²) in [5.74, 6) is 1.64. The van der Waals surface area contributed by atoms with E-state index in [2.05, 4.69) is 13.3 Å². The molecule has 1 aliphatic heterocycles. The van der Waals surface area contributed by atoms with Gasteiger partial charge >= 0.3 is 0 Å². The van der Waals surface area contributed by atoms with Crippen LogP contribution in [0.5, 0.6) is 0 Å². The molecule has 0 bridgehead atoms. The molecule has 3 aromatic heterocycles. The third kappa shape index (κ3) is 2.14. The van der Waals surface area contributed by atoms with E-state index >= 15 is 0 Å². The van der Waals surface area contributed by atoms with Crippen LogP contribution in [-0.4, -0.2) is 18.3 Å². The Bertz CT molecular complexity index is 1440. The molecular weight excluding hydrogens is 404 g/mol. The molecule has 9 heteroatoms. The fourth-order valence-corrected chi connectivity index (χ4v) is 5.52. The van der Waals surface area contributed by atoms with Crippen LogP contribution in [0.25, 0.3) is 33.0 Å². The van der Waals surface area contributed by atoms with Gasteiger partial charge in [0.05, 0.1) is 39.5 Å². The Labute approximate surface area is 165 Å². The first kappa shape index (κ1) is 15.6. The first-order valence-corrected chi connectivity index (χ1v) is 10.3. The normalized spacial score (nSPS) is 16.6. The lowest BCUT2D eigenvalue weighted by Gasteiger charge is -2.13. The van der Waals surface area contributed by atoms with Gasteiger partial charge in [-0.3, -0.25) is 4.79 Å². The van der Waals surface area contributed by atoms with E-state index in [0.717, 1.165) is 27.9 Å². The van der Waals surface area contributed by atoms with Crippen molar-refractivity contribution in [1.29, 1.82) is 0 Å². The van der Waals surface area contributed by atoms with Crippen molar-refractivity contribution in [2.24, 2.45) is 0 Å². The number of halogens is 1. The number of hydrogen-bond donors (Lipinski definition) is 0. The van der Waals surface area contributed by atoms with Crippen LogP contribution in [-0.2, 0) is 5.75 Å². The van der Waals surface area contributed by atoms with Gasteiger partial charge in [-0.1, -0.05) is 11.6 Å². The number of rotatable bonds is 1. The molecule has 6 nitrogen and oxygen atoms in total. The SMILES string of the molecule is O=c1c(C2SCc3nc4ccc5nsnc5c4n32)coc2ccc(Cl)cc12. The van der Waals surface area contributed by atoms with E-state index in [1.807, 2.05) is 12.1 Å². The summed E-state index contributed by atoms with van der Waals surface area (Å²) in [5.41, 5.74) is 4.46. The maximum absolute atomic E-state index is 13.2. The maximum atomic E-state index is 13.2. The summed E-state index contributed by atoms with van der Waals surface area (Å²) in [6.45, 7) is 0. The van der Waals surface area contributed by atoms with Gasteiger partial charge in [0.1, 0.15) is 34.1 Å². The third-order valence-electron chi connectivity index (χ3n) is 4.78. The highest BCUT2D eigenvalue weighted by Crippen LogP contribution is 2.43. The van der Waals surface area contributed by atoms with E-state index in [9.17, 15) is 4.79 Å². The Morgan fingerprint density at radius 1 is 1.19 bits per heavy atom. The average Bonchev–Trinajstić information content (AvgIpc) is 3.36. The van der Waals surface area contributed by atoms with E-state index < -0.39 is 0 Å². The van der Waals surface area contributed by atoms with Crippen molar-refractivity contribution in [2.75, 3.05) is 0 Å². The highest BCUT2D eigenvalue weighted by Gasteiger charge is 2.31. The van der Waals surface area contributed by atoms with Crippen LogP contribution in [0.3, 0.4) is 0 Å². The Hall–Kier alpha value is -2.42. The van der Waals surface area contributed by atoms with Gasteiger partial charge < -0.3 is 8.98 Å². The van der Waals surface area contributed by atoms with Crippen LogP contribution >= 0.6 is 35.1 Å².